The smallest absolute Gasteiger partial charge is 0.232 e. The van der Waals surface area contributed by atoms with Crippen molar-refractivity contribution in [2.75, 3.05) is 32.2 Å². The van der Waals surface area contributed by atoms with Gasteiger partial charge in [0.25, 0.3) is 0 Å². The molecule has 2 rings (SSSR count). The zero-order valence-electron chi connectivity index (χ0n) is 11.1. The molecule has 1 aliphatic heterocycles. The summed E-state index contributed by atoms with van der Waals surface area (Å²) in [6.07, 6.45) is 2.11. The van der Waals surface area contributed by atoms with Crippen LogP contribution in [0.5, 0.6) is 11.8 Å². The highest BCUT2D eigenvalue weighted by molar-refractivity contribution is 5.42. The Morgan fingerprint density at radius 2 is 1.83 bits per heavy atom. The predicted octanol–water partition coefficient (Wildman–Crippen LogP) is 0.811. The van der Waals surface area contributed by atoms with Crippen molar-refractivity contribution < 1.29 is 9.47 Å². The Morgan fingerprint density at radius 1 is 1.28 bits per heavy atom. The van der Waals surface area contributed by atoms with E-state index < -0.39 is 0 Å². The molecule has 0 aliphatic carbocycles. The monoisotopic (exact) mass is 252 g/mol. The zero-order valence-corrected chi connectivity index (χ0v) is 11.1. The van der Waals surface area contributed by atoms with Crippen LogP contribution in [-0.4, -0.2) is 42.8 Å². The third-order valence-electron chi connectivity index (χ3n) is 3.13. The van der Waals surface area contributed by atoms with Crippen LogP contribution in [0, 0.1) is 0 Å². The van der Waals surface area contributed by atoms with Crippen LogP contribution >= 0.6 is 0 Å². The molecule has 0 aromatic carbocycles. The highest BCUT2D eigenvalue weighted by Crippen LogP contribution is 2.29. The number of nitrogens with two attached hydrogens (primary N) is 1. The summed E-state index contributed by atoms with van der Waals surface area (Å²) in [5.41, 5.74) is 6.12. The Labute approximate surface area is 107 Å². The fraction of sp³-hybridized carbons (Fsp3) is 0.667. The van der Waals surface area contributed by atoms with Gasteiger partial charge in [0.2, 0.25) is 17.7 Å². The van der Waals surface area contributed by atoms with Crippen molar-refractivity contribution in [2.45, 2.75) is 25.3 Å². The van der Waals surface area contributed by atoms with E-state index in [1.54, 1.807) is 20.3 Å². The van der Waals surface area contributed by atoms with E-state index in [4.69, 9.17) is 15.2 Å². The second kappa shape index (κ2) is 4.97. The van der Waals surface area contributed by atoms with Crippen LogP contribution in [0.1, 0.15) is 19.8 Å². The maximum Gasteiger partial charge on any atom is 0.232 e. The van der Waals surface area contributed by atoms with Crippen LogP contribution in [-0.2, 0) is 0 Å². The molecule has 0 radical (unpaired) electrons. The lowest BCUT2D eigenvalue weighted by Gasteiger charge is -2.47. The summed E-state index contributed by atoms with van der Waals surface area (Å²) in [6.45, 7) is 3.69. The van der Waals surface area contributed by atoms with Gasteiger partial charge in [-0.1, -0.05) is 13.3 Å². The minimum Gasteiger partial charge on any atom is -0.481 e. The third kappa shape index (κ3) is 2.48. The molecule has 1 aromatic rings. The lowest BCUT2D eigenvalue weighted by molar-refractivity contribution is 0.300. The number of methoxy groups -OCH3 is 2. The molecule has 1 fully saturated rings. The molecular formula is C12H20N4O2. The minimum atomic E-state index is -0.103. The van der Waals surface area contributed by atoms with E-state index in [0.717, 1.165) is 25.9 Å². The molecule has 18 heavy (non-hydrogen) atoms. The van der Waals surface area contributed by atoms with Gasteiger partial charge in [0, 0.05) is 13.1 Å². The summed E-state index contributed by atoms with van der Waals surface area (Å²) < 4.78 is 10.3. The maximum absolute atomic E-state index is 6.22. The first-order chi connectivity index (χ1) is 8.60. The molecule has 2 N–H and O–H groups in total. The first kappa shape index (κ1) is 12.9. The molecule has 1 aromatic heterocycles. The Hall–Kier alpha value is -1.56. The summed E-state index contributed by atoms with van der Waals surface area (Å²) in [5, 5.41) is 0. The highest BCUT2D eigenvalue weighted by atomic mass is 16.5. The van der Waals surface area contributed by atoms with Gasteiger partial charge in [-0.05, 0) is 6.42 Å². The van der Waals surface area contributed by atoms with Gasteiger partial charge >= 0.3 is 0 Å². The van der Waals surface area contributed by atoms with Crippen LogP contribution < -0.4 is 20.1 Å². The Balaban J connectivity index is 2.11. The molecule has 0 unspecified atom stereocenters. The molecule has 1 aliphatic rings. The van der Waals surface area contributed by atoms with Gasteiger partial charge in [-0.25, -0.2) is 0 Å². The quantitative estimate of drug-likeness (QED) is 0.836. The molecule has 0 bridgehead atoms. The van der Waals surface area contributed by atoms with Gasteiger partial charge in [-0.3, -0.25) is 0 Å². The minimum absolute atomic E-state index is 0.103. The van der Waals surface area contributed by atoms with Crippen molar-refractivity contribution in [2.24, 2.45) is 5.73 Å². The van der Waals surface area contributed by atoms with Crippen LogP contribution in [0.25, 0.3) is 0 Å². The van der Waals surface area contributed by atoms with Gasteiger partial charge in [0.1, 0.15) is 0 Å². The van der Waals surface area contributed by atoms with E-state index >= 15 is 0 Å². The van der Waals surface area contributed by atoms with E-state index in [1.165, 1.54) is 0 Å². The van der Waals surface area contributed by atoms with Crippen molar-refractivity contribution in [3.8, 4) is 11.8 Å². The molecule has 0 amide bonds. The number of nitrogens with zero attached hydrogens (tertiary/aromatic N) is 3. The molecule has 0 saturated carbocycles. The van der Waals surface area contributed by atoms with Crippen molar-refractivity contribution >= 4 is 5.95 Å². The van der Waals surface area contributed by atoms with E-state index in [-0.39, 0.29) is 5.54 Å². The topological polar surface area (TPSA) is 73.5 Å². The number of hydrogen-bond acceptors (Lipinski definition) is 6. The van der Waals surface area contributed by atoms with E-state index in [0.29, 0.717) is 17.7 Å². The lowest BCUT2D eigenvalue weighted by Crippen LogP contribution is -2.67. The first-order valence-corrected chi connectivity index (χ1v) is 6.11. The van der Waals surface area contributed by atoms with Gasteiger partial charge in [0.05, 0.1) is 25.8 Å². The lowest BCUT2D eigenvalue weighted by atomic mass is 9.87. The van der Waals surface area contributed by atoms with Crippen molar-refractivity contribution in [1.82, 2.24) is 9.97 Å². The Kier molecular flexibility index (Phi) is 3.56. The summed E-state index contributed by atoms with van der Waals surface area (Å²) in [4.78, 5) is 10.7. The maximum atomic E-state index is 6.22. The van der Waals surface area contributed by atoms with Gasteiger partial charge in [-0.15, -0.1) is 0 Å². The van der Waals surface area contributed by atoms with Crippen molar-refractivity contribution in [3.05, 3.63) is 6.07 Å². The van der Waals surface area contributed by atoms with Gasteiger partial charge < -0.3 is 20.1 Å². The second-order valence-corrected chi connectivity index (χ2v) is 4.72. The largest absolute Gasteiger partial charge is 0.481 e. The average molecular weight is 252 g/mol. The van der Waals surface area contributed by atoms with E-state index in [1.807, 2.05) is 4.90 Å². The molecule has 6 heteroatoms. The molecule has 6 nitrogen and oxygen atoms in total. The summed E-state index contributed by atoms with van der Waals surface area (Å²) in [7, 11) is 3.15. The van der Waals surface area contributed by atoms with Crippen LogP contribution in [0.4, 0.5) is 5.95 Å². The number of anilines is 1. The molecule has 100 valence electrons. The fourth-order valence-corrected chi connectivity index (χ4v) is 2.25. The summed E-state index contributed by atoms with van der Waals surface area (Å²) >= 11 is 0. The van der Waals surface area contributed by atoms with Crippen molar-refractivity contribution in [3.63, 3.8) is 0 Å². The standard InChI is InChI=1S/C12H20N4O2/c1-4-5-12(13)7-16(8-12)11-14-9(17-2)6-10(15-11)18-3/h6H,4-5,7-8,13H2,1-3H3. The highest BCUT2D eigenvalue weighted by Gasteiger charge is 2.40. The average Bonchev–Trinajstić information content (AvgIpc) is 2.35. The number of ether oxygens (including phenoxy) is 2. The molecular weight excluding hydrogens is 232 g/mol. The SMILES string of the molecule is CCCC1(N)CN(c2nc(OC)cc(OC)n2)C1. The number of rotatable bonds is 5. The number of aromatic nitrogens is 2. The van der Waals surface area contributed by atoms with E-state index in [9.17, 15) is 0 Å². The van der Waals surface area contributed by atoms with E-state index in [2.05, 4.69) is 16.9 Å². The zero-order chi connectivity index (χ0) is 13.2. The number of hydrogen-bond donors (Lipinski definition) is 1. The molecule has 1 saturated heterocycles. The normalized spacial score (nSPS) is 17.2. The Morgan fingerprint density at radius 3 is 2.28 bits per heavy atom. The third-order valence-corrected chi connectivity index (χ3v) is 3.13. The molecule has 0 atom stereocenters. The van der Waals surface area contributed by atoms with Gasteiger partial charge in [-0.2, -0.15) is 9.97 Å². The second-order valence-electron chi connectivity index (χ2n) is 4.72. The van der Waals surface area contributed by atoms with Gasteiger partial charge in [0.15, 0.2) is 0 Å². The first-order valence-electron chi connectivity index (χ1n) is 6.11. The van der Waals surface area contributed by atoms with Crippen LogP contribution in [0.15, 0.2) is 6.07 Å². The molecule has 0 spiro atoms. The molecule has 2 heterocycles. The van der Waals surface area contributed by atoms with Crippen LogP contribution in [0.2, 0.25) is 0 Å². The van der Waals surface area contributed by atoms with Crippen LogP contribution in [0.3, 0.4) is 0 Å². The summed E-state index contributed by atoms with van der Waals surface area (Å²) in [5.74, 6) is 1.62. The summed E-state index contributed by atoms with van der Waals surface area (Å²) in [6, 6.07) is 1.66. The Bertz CT molecular complexity index is 396. The van der Waals surface area contributed by atoms with Crippen molar-refractivity contribution in [1.29, 1.82) is 0 Å². The fourth-order valence-electron chi connectivity index (χ4n) is 2.25. The predicted molar refractivity (Wildman–Crippen MR) is 69.2 cm³/mol.